The largest absolute Gasteiger partial charge is 0.468 e. The molecule has 20 heavy (non-hydrogen) atoms. The lowest BCUT2D eigenvalue weighted by atomic mass is 9.97. The van der Waals surface area contributed by atoms with Crippen LogP contribution in [-0.4, -0.2) is 48.0 Å². The highest BCUT2D eigenvalue weighted by molar-refractivity contribution is 7.99. The predicted molar refractivity (Wildman–Crippen MR) is 80.7 cm³/mol. The first-order chi connectivity index (χ1) is 9.70. The summed E-state index contributed by atoms with van der Waals surface area (Å²) in [6.07, 6.45) is 7.26. The Morgan fingerprint density at radius 3 is 2.40 bits per heavy atom. The van der Waals surface area contributed by atoms with Crippen LogP contribution in [0.25, 0.3) is 0 Å². The Labute approximate surface area is 125 Å². The topological polar surface area (TPSA) is 46.6 Å². The van der Waals surface area contributed by atoms with Crippen LogP contribution in [0, 0.1) is 5.92 Å². The molecule has 2 fully saturated rings. The lowest BCUT2D eigenvalue weighted by molar-refractivity contribution is -0.149. The molecule has 0 unspecified atom stereocenters. The second-order valence-electron chi connectivity index (χ2n) is 5.80. The van der Waals surface area contributed by atoms with E-state index in [1.54, 1.807) is 4.90 Å². The van der Waals surface area contributed by atoms with Gasteiger partial charge in [0.15, 0.2) is 0 Å². The van der Waals surface area contributed by atoms with E-state index in [1.165, 1.54) is 18.6 Å². The SMILES string of the molecule is COC(=O)CN(C(=O)CC1CCSCC1)C1CCCC1. The third kappa shape index (κ3) is 4.40. The van der Waals surface area contributed by atoms with Gasteiger partial charge in [-0.25, -0.2) is 0 Å². The molecule has 2 rings (SSSR count). The first-order valence-electron chi connectivity index (χ1n) is 7.64. The van der Waals surface area contributed by atoms with E-state index in [4.69, 9.17) is 4.74 Å². The van der Waals surface area contributed by atoms with Crippen LogP contribution in [0.2, 0.25) is 0 Å². The van der Waals surface area contributed by atoms with Crippen LogP contribution in [0.4, 0.5) is 0 Å². The van der Waals surface area contributed by atoms with Gasteiger partial charge >= 0.3 is 5.97 Å². The zero-order valence-corrected chi connectivity index (χ0v) is 13.1. The van der Waals surface area contributed by atoms with Crippen molar-refractivity contribution >= 4 is 23.6 Å². The number of nitrogens with zero attached hydrogens (tertiary/aromatic N) is 1. The maximum Gasteiger partial charge on any atom is 0.325 e. The van der Waals surface area contributed by atoms with Gasteiger partial charge in [0, 0.05) is 12.5 Å². The Balaban J connectivity index is 1.92. The number of esters is 1. The first kappa shape index (κ1) is 15.7. The fourth-order valence-electron chi connectivity index (χ4n) is 3.16. The minimum Gasteiger partial charge on any atom is -0.468 e. The number of ether oxygens (including phenoxy) is 1. The normalized spacial score (nSPS) is 20.9. The van der Waals surface area contributed by atoms with Gasteiger partial charge in [-0.3, -0.25) is 9.59 Å². The van der Waals surface area contributed by atoms with Crippen LogP contribution < -0.4 is 0 Å². The van der Waals surface area contributed by atoms with Gasteiger partial charge in [0.25, 0.3) is 0 Å². The molecular formula is C15H25NO3S. The van der Waals surface area contributed by atoms with Crippen molar-refractivity contribution in [2.75, 3.05) is 25.2 Å². The molecular weight excluding hydrogens is 274 g/mol. The Hall–Kier alpha value is -0.710. The minimum atomic E-state index is -0.301. The number of amides is 1. The van der Waals surface area contributed by atoms with Gasteiger partial charge in [0.05, 0.1) is 7.11 Å². The molecule has 0 N–H and O–H groups in total. The molecule has 0 aromatic heterocycles. The molecule has 5 heteroatoms. The highest BCUT2D eigenvalue weighted by Gasteiger charge is 2.30. The highest BCUT2D eigenvalue weighted by Crippen LogP contribution is 2.28. The van der Waals surface area contributed by atoms with Gasteiger partial charge in [-0.1, -0.05) is 12.8 Å². The fraction of sp³-hybridized carbons (Fsp3) is 0.867. The average Bonchev–Trinajstić information content (AvgIpc) is 2.99. The molecule has 1 aliphatic heterocycles. The van der Waals surface area contributed by atoms with Crippen LogP contribution >= 0.6 is 11.8 Å². The van der Waals surface area contributed by atoms with E-state index in [0.717, 1.165) is 38.5 Å². The van der Waals surface area contributed by atoms with Crippen LogP contribution in [-0.2, 0) is 14.3 Å². The lowest BCUT2D eigenvalue weighted by Crippen LogP contribution is -2.43. The van der Waals surface area contributed by atoms with Crippen LogP contribution in [0.3, 0.4) is 0 Å². The smallest absolute Gasteiger partial charge is 0.325 e. The molecule has 1 heterocycles. The van der Waals surface area contributed by atoms with Crippen LogP contribution in [0.1, 0.15) is 44.9 Å². The van der Waals surface area contributed by atoms with Crippen molar-refractivity contribution < 1.29 is 14.3 Å². The molecule has 0 aromatic rings. The van der Waals surface area contributed by atoms with Crippen LogP contribution in [0.5, 0.6) is 0 Å². The van der Waals surface area contributed by atoms with Gasteiger partial charge in [0.1, 0.15) is 6.54 Å². The number of hydrogen-bond acceptors (Lipinski definition) is 4. The van der Waals surface area contributed by atoms with Gasteiger partial charge < -0.3 is 9.64 Å². The summed E-state index contributed by atoms with van der Waals surface area (Å²) in [7, 11) is 1.39. The number of methoxy groups -OCH3 is 1. The standard InChI is InChI=1S/C15H25NO3S/c1-19-15(18)11-16(13-4-2-3-5-13)14(17)10-12-6-8-20-9-7-12/h12-13H,2-11H2,1H3. The Kier molecular flexibility index (Phi) is 6.20. The summed E-state index contributed by atoms with van der Waals surface area (Å²) >= 11 is 1.97. The van der Waals surface area contributed by atoms with E-state index in [0.29, 0.717) is 12.3 Å². The molecule has 1 aliphatic carbocycles. The number of rotatable bonds is 5. The molecule has 0 aromatic carbocycles. The zero-order valence-electron chi connectivity index (χ0n) is 12.3. The van der Waals surface area contributed by atoms with Crippen LogP contribution in [0.15, 0.2) is 0 Å². The summed E-state index contributed by atoms with van der Waals surface area (Å²) in [5.74, 6) is 2.69. The summed E-state index contributed by atoms with van der Waals surface area (Å²) in [6.45, 7) is 0.126. The molecule has 0 radical (unpaired) electrons. The Morgan fingerprint density at radius 1 is 1.15 bits per heavy atom. The number of hydrogen-bond donors (Lipinski definition) is 0. The van der Waals surface area contributed by atoms with Crippen molar-refractivity contribution in [3.63, 3.8) is 0 Å². The van der Waals surface area contributed by atoms with E-state index < -0.39 is 0 Å². The maximum absolute atomic E-state index is 12.6. The molecule has 1 saturated carbocycles. The third-order valence-corrected chi connectivity index (χ3v) is 5.47. The van der Waals surface area contributed by atoms with Crippen molar-refractivity contribution in [1.82, 2.24) is 4.90 Å². The van der Waals surface area contributed by atoms with Gasteiger partial charge in [0.2, 0.25) is 5.91 Å². The van der Waals surface area contributed by atoms with E-state index in [9.17, 15) is 9.59 Å². The minimum absolute atomic E-state index is 0.126. The average molecular weight is 299 g/mol. The highest BCUT2D eigenvalue weighted by atomic mass is 32.2. The van der Waals surface area contributed by atoms with E-state index in [-0.39, 0.29) is 24.5 Å². The van der Waals surface area contributed by atoms with E-state index in [2.05, 4.69) is 0 Å². The monoisotopic (exact) mass is 299 g/mol. The van der Waals surface area contributed by atoms with E-state index >= 15 is 0 Å². The van der Waals surface area contributed by atoms with E-state index in [1.807, 2.05) is 11.8 Å². The molecule has 0 bridgehead atoms. The third-order valence-electron chi connectivity index (χ3n) is 4.42. The molecule has 0 spiro atoms. The Morgan fingerprint density at radius 2 is 1.80 bits per heavy atom. The summed E-state index contributed by atoms with van der Waals surface area (Å²) in [5.41, 5.74) is 0. The van der Waals surface area contributed by atoms with Crippen molar-refractivity contribution in [2.45, 2.75) is 51.0 Å². The quantitative estimate of drug-likeness (QED) is 0.732. The molecule has 4 nitrogen and oxygen atoms in total. The molecule has 2 aliphatic rings. The van der Waals surface area contributed by atoms with Gasteiger partial charge in [-0.2, -0.15) is 11.8 Å². The van der Waals surface area contributed by atoms with Gasteiger partial charge in [-0.05, 0) is 43.1 Å². The zero-order chi connectivity index (χ0) is 14.4. The predicted octanol–water partition coefficient (Wildman–Crippen LogP) is 2.46. The first-order valence-corrected chi connectivity index (χ1v) is 8.80. The fourth-order valence-corrected chi connectivity index (χ4v) is 4.36. The second kappa shape index (κ2) is 7.91. The Bertz CT molecular complexity index is 336. The lowest BCUT2D eigenvalue weighted by Gasteiger charge is -2.30. The molecule has 0 atom stereocenters. The summed E-state index contributed by atoms with van der Waals surface area (Å²) in [4.78, 5) is 25.9. The maximum atomic E-state index is 12.6. The molecule has 1 amide bonds. The van der Waals surface area contributed by atoms with Gasteiger partial charge in [-0.15, -0.1) is 0 Å². The second-order valence-corrected chi connectivity index (χ2v) is 7.02. The van der Waals surface area contributed by atoms with Crippen molar-refractivity contribution in [3.8, 4) is 0 Å². The summed E-state index contributed by atoms with van der Waals surface area (Å²) in [5, 5.41) is 0. The molecule has 114 valence electrons. The summed E-state index contributed by atoms with van der Waals surface area (Å²) in [6, 6.07) is 0.250. The number of carbonyl (C=O) groups is 2. The molecule has 1 saturated heterocycles. The number of carbonyl (C=O) groups excluding carboxylic acids is 2. The van der Waals surface area contributed by atoms with Crippen molar-refractivity contribution in [1.29, 1.82) is 0 Å². The summed E-state index contributed by atoms with van der Waals surface area (Å²) < 4.78 is 4.74. The number of thioether (sulfide) groups is 1. The van der Waals surface area contributed by atoms with Crippen molar-refractivity contribution in [2.24, 2.45) is 5.92 Å². The van der Waals surface area contributed by atoms with Crippen molar-refractivity contribution in [3.05, 3.63) is 0 Å².